The summed E-state index contributed by atoms with van der Waals surface area (Å²) in [6.07, 6.45) is 7.22. The first-order valence-corrected chi connectivity index (χ1v) is 11.9. The van der Waals surface area contributed by atoms with Crippen molar-refractivity contribution in [3.8, 4) is 5.75 Å². The van der Waals surface area contributed by atoms with Crippen molar-refractivity contribution in [3.63, 3.8) is 0 Å². The number of benzene rings is 1. The summed E-state index contributed by atoms with van der Waals surface area (Å²) in [5, 5.41) is 17.0. The van der Waals surface area contributed by atoms with Crippen LogP contribution < -0.4 is 15.0 Å². The van der Waals surface area contributed by atoms with Crippen molar-refractivity contribution in [1.82, 2.24) is 14.9 Å². The van der Waals surface area contributed by atoms with Crippen LogP contribution in [0, 0.1) is 5.82 Å². The second kappa shape index (κ2) is 9.77. The first-order valence-electron chi connectivity index (χ1n) is 11.9. The van der Waals surface area contributed by atoms with E-state index in [4.69, 9.17) is 0 Å². The molecule has 1 unspecified atom stereocenters. The van der Waals surface area contributed by atoms with Gasteiger partial charge in [0.15, 0.2) is 0 Å². The highest BCUT2D eigenvalue weighted by molar-refractivity contribution is 6.01. The van der Waals surface area contributed by atoms with Crippen LogP contribution in [0.4, 0.5) is 18.9 Å². The van der Waals surface area contributed by atoms with Crippen molar-refractivity contribution in [2.45, 2.75) is 63.3 Å². The lowest BCUT2D eigenvalue weighted by Crippen LogP contribution is -2.38. The molecule has 2 fully saturated rings. The van der Waals surface area contributed by atoms with E-state index in [1.165, 1.54) is 18.3 Å². The van der Waals surface area contributed by atoms with E-state index >= 15 is 0 Å². The van der Waals surface area contributed by atoms with Crippen LogP contribution in [0.1, 0.15) is 60.5 Å². The molecule has 5 rings (SSSR count). The predicted octanol–water partition coefficient (Wildman–Crippen LogP) is 4.45. The molecule has 1 aliphatic heterocycles. The summed E-state index contributed by atoms with van der Waals surface area (Å²) in [4.78, 5) is 15.0. The van der Waals surface area contributed by atoms with Crippen LogP contribution in [-0.4, -0.2) is 45.9 Å². The van der Waals surface area contributed by atoms with Crippen molar-refractivity contribution in [2.24, 2.45) is 0 Å². The summed E-state index contributed by atoms with van der Waals surface area (Å²) in [7, 11) is 0. The maximum atomic E-state index is 14.7. The lowest BCUT2D eigenvalue weighted by molar-refractivity contribution is -0.0499. The number of nitrogens with one attached hydrogen (secondary N) is 1. The van der Waals surface area contributed by atoms with Crippen LogP contribution >= 0.6 is 0 Å². The Labute approximate surface area is 200 Å². The fourth-order valence-electron chi connectivity index (χ4n) is 5.16. The average molecular weight is 489 g/mol. The van der Waals surface area contributed by atoms with Crippen molar-refractivity contribution >= 4 is 17.1 Å². The highest BCUT2D eigenvalue weighted by Gasteiger charge is 2.30. The third-order valence-electron chi connectivity index (χ3n) is 6.92. The molecule has 1 saturated carbocycles. The number of hydrogen-bond donors (Lipinski definition) is 2. The Morgan fingerprint density at radius 2 is 1.94 bits per heavy atom. The lowest BCUT2D eigenvalue weighted by atomic mass is 9.93. The predicted molar refractivity (Wildman–Crippen MR) is 123 cm³/mol. The zero-order valence-electron chi connectivity index (χ0n) is 19.0. The van der Waals surface area contributed by atoms with Crippen molar-refractivity contribution in [2.75, 3.05) is 11.4 Å². The monoisotopic (exact) mass is 488 g/mol. The topological polar surface area (TPSA) is 79.1 Å². The Hall–Kier alpha value is -3.27. The second-order valence-electron chi connectivity index (χ2n) is 9.17. The van der Waals surface area contributed by atoms with Crippen molar-refractivity contribution in [1.29, 1.82) is 0 Å². The largest absolute Gasteiger partial charge is 0.435 e. The minimum absolute atomic E-state index is 0.0118. The summed E-state index contributed by atoms with van der Waals surface area (Å²) >= 11 is 0. The molecule has 3 heterocycles. The first kappa shape index (κ1) is 23.5. The zero-order valence-corrected chi connectivity index (χ0v) is 19.0. The number of ether oxygens (including phenoxy) is 1. The second-order valence-corrected chi connectivity index (χ2v) is 9.17. The number of rotatable bonds is 6. The van der Waals surface area contributed by atoms with Gasteiger partial charge in [0.2, 0.25) is 0 Å². The summed E-state index contributed by atoms with van der Waals surface area (Å²) in [5.74, 6) is -0.783. The number of hydrogen-bond acceptors (Lipinski definition) is 5. The molecule has 186 valence electrons. The van der Waals surface area contributed by atoms with Gasteiger partial charge in [0, 0.05) is 30.0 Å². The number of nitrogens with zero attached hydrogens (tertiary/aromatic N) is 3. The van der Waals surface area contributed by atoms with E-state index in [0.717, 1.165) is 31.0 Å². The van der Waals surface area contributed by atoms with Crippen molar-refractivity contribution in [3.05, 3.63) is 59.7 Å². The van der Waals surface area contributed by atoms with Crippen LogP contribution in [0.25, 0.3) is 5.52 Å². The summed E-state index contributed by atoms with van der Waals surface area (Å²) < 4.78 is 46.2. The van der Waals surface area contributed by atoms with Gasteiger partial charge in [0.05, 0.1) is 29.4 Å². The molecule has 7 nitrogen and oxygen atoms in total. The number of anilines is 1. The van der Waals surface area contributed by atoms with Gasteiger partial charge in [-0.1, -0.05) is 0 Å². The number of carbonyl (C=O) groups is 1. The molecular weight excluding hydrogens is 461 g/mol. The minimum atomic E-state index is -2.99. The van der Waals surface area contributed by atoms with Gasteiger partial charge in [-0.15, -0.1) is 0 Å². The van der Waals surface area contributed by atoms with Crippen LogP contribution in [0.3, 0.4) is 0 Å². The van der Waals surface area contributed by atoms with Crippen LogP contribution in [-0.2, 0) is 0 Å². The Morgan fingerprint density at radius 1 is 1.14 bits per heavy atom. The fraction of sp³-hybridized carbons (Fsp3) is 0.440. The van der Waals surface area contributed by atoms with Crippen LogP contribution in [0.5, 0.6) is 5.75 Å². The fourth-order valence-corrected chi connectivity index (χ4v) is 5.16. The van der Waals surface area contributed by atoms with E-state index in [-0.39, 0.29) is 29.8 Å². The van der Waals surface area contributed by atoms with E-state index in [0.29, 0.717) is 42.5 Å². The molecule has 10 heteroatoms. The standard InChI is InChI=1S/C25H27F3N4O3/c26-21-8-7-18(35-25(27)28)13-19(21)22-2-1-10-31(22)16-9-11-32-23(12-16)20(14-29-32)24(34)30-15-3-5-17(33)6-4-15/h7-9,11-15,17,22,25,33H,1-6,10H2,(H,30,34). The Bertz CT molecular complexity index is 1210. The number of aliphatic hydroxyl groups excluding tert-OH is 1. The highest BCUT2D eigenvalue weighted by Crippen LogP contribution is 2.39. The van der Waals surface area contributed by atoms with Crippen LogP contribution in [0.2, 0.25) is 0 Å². The summed E-state index contributed by atoms with van der Waals surface area (Å²) in [5.41, 5.74) is 2.14. The third kappa shape index (κ3) is 4.93. The van der Waals surface area contributed by atoms with E-state index in [1.807, 2.05) is 17.0 Å². The van der Waals surface area contributed by atoms with E-state index in [9.17, 15) is 23.1 Å². The van der Waals surface area contributed by atoms with Gasteiger partial charge >= 0.3 is 6.61 Å². The van der Waals surface area contributed by atoms with E-state index in [2.05, 4.69) is 15.2 Å². The molecule has 0 radical (unpaired) electrons. The molecule has 0 spiro atoms. The molecule has 1 saturated heterocycles. The molecule has 2 aromatic heterocycles. The number of halogens is 3. The number of aromatic nitrogens is 2. The van der Waals surface area contributed by atoms with Gasteiger partial charge in [-0.05, 0) is 68.9 Å². The Morgan fingerprint density at radius 3 is 2.71 bits per heavy atom. The molecule has 2 N–H and O–H groups in total. The molecule has 3 aromatic rings. The van der Waals surface area contributed by atoms with Crippen molar-refractivity contribution < 1.29 is 27.8 Å². The van der Waals surface area contributed by atoms with Gasteiger partial charge < -0.3 is 20.1 Å². The van der Waals surface area contributed by atoms with Gasteiger partial charge in [-0.2, -0.15) is 13.9 Å². The molecule has 2 aliphatic rings. The average Bonchev–Trinajstić information content (AvgIpc) is 3.48. The van der Waals surface area contributed by atoms with Gasteiger partial charge in [-0.3, -0.25) is 4.79 Å². The number of carbonyl (C=O) groups excluding carboxylic acids is 1. The Kier molecular flexibility index (Phi) is 6.55. The van der Waals surface area contributed by atoms with E-state index in [1.54, 1.807) is 10.7 Å². The third-order valence-corrected chi connectivity index (χ3v) is 6.92. The zero-order chi connectivity index (χ0) is 24.5. The maximum Gasteiger partial charge on any atom is 0.387 e. The summed E-state index contributed by atoms with van der Waals surface area (Å²) in [6, 6.07) is 7.03. The van der Waals surface area contributed by atoms with E-state index < -0.39 is 12.4 Å². The normalized spacial score (nSPS) is 22.7. The van der Waals surface area contributed by atoms with Gasteiger partial charge in [-0.25, -0.2) is 8.91 Å². The highest BCUT2D eigenvalue weighted by atomic mass is 19.3. The number of amides is 1. The molecule has 35 heavy (non-hydrogen) atoms. The lowest BCUT2D eigenvalue weighted by Gasteiger charge is -2.28. The quantitative estimate of drug-likeness (QED) is 0.536. The molecule has 1 atom stereocenters. The number of fused-ring (bicyclic) bond motifs is 1. The van der Waals surface area contributed by atoms with Gasteiger partial charge in [0.1, 0.15) is 11.6 Å². The number of alkyl halides is 2. The minimum Gasteiger partial charge on any atom is -0.435 e. The Balaban J connectivity index is 1.40. The van der Waals surface area contributed by atoms with Gasteiger partial charge in [0.25, 0.3) is 5.91 Å². The molecular formula is C25H27F3N4O3. The number of pyridine rings is 1. The molecule has 1 aromatic carbocycles. The molecule has 1 amide bonds. The maximum absolute atomic E-state index is 14.7. The number of aliphatic hydroxyl groups is 1. The molecule has 0 bridgehead atoms. The SMILES string of the molecule is O=C(NC1CCC(O)CC1)c1cnn2ccc(N3CCCC3c3cc(OC(F)F)ccc3F)cc12. The van der Waals surface area contributed by atoms with Crippen LogP contribution in [0.15, 0.2) is 42.7 Å². The molecule has 1 aliphatic carbocycles. The summed E-state index contributed by atoms with van der Waals surface area (Å²) in [6.45, 7) is -2.33. The smallest absolute Gasteiger partial charge is 0.387 e. The first-order chi connectivity index (χ1) is 16.9.